The standard InChI is InChI=1S/C41H32O6/c42-40(34-16-12-32(13-17-34)30-8-3-1-4-9-30)46-38-24-20-36(21-25-38)44-28-7-29-45-37-22-26-39(27-23-37)47-41(43)35-18-14-33(15-19-35)31-10-5-2-6-11-31/h1-6,8-27H,7,28-29H2. The van der Waals surface area contributed by atoms with E-state index in [0.29, 0.717) is 53.8 Å². The van der Waals surface area contributed by atoms with E-state index in [1.54, 1.807) is 72.8 Å². The molecule has 6 aromatic carbocycles. The van der Waals surface area contributed by atoms with Crippen LogP contribution in [-0.2, 0) is 0 Å². The fourth-order valence-corrected chi connectivity index (χ4v) is 4.84. The number of esters is 2. The summed E-state index contributed by atoms with van der Waals surface area (Å²) in [5.74, 6) is 1.36. The third-order valence-corrected chi connectivity index (χ3v) is 7.35. The van der Waals surface area contributed by atoms with E-state index in [4.69, 9.17) is 18.9 Å². The van der Waals surface area contributed by atoms with Gasteiger partial charge in [-0.15, -0.1) is 0 Å². The zero-order chi connectivity index (χ0) is 32.3. The smallest absolute Gasteiger partial charge is 0.343 e. The van der Waals surface area contributed by atoms with Gasteiger partial charge in [0.15, 0.2) is 0 Å². The SMILES string of the molecule is O=C(Oc1ccc(OCCCOc2ccc(OC(=O)c3ccc(-c4ccccc4)cc3)cc2)cc1)c1ccc(-c2ccccc2)cc1. The molecule has 232 valence electrons. The Morgan fingerprint density at radius 1 is 0.362 bits per heavy atom. The summed E-state index contributed by atoms with van der Waals surface area (Å²) in [6.07, 6.45) is 0.658. The molecule has 0 unspecified atom stereocenters. The van der Waals surface area contributed by atoms with Crippen molar-refractivity contribution in [1.82, 2.24) is 0 Å². The van der Waals surface area contributed by atoms with Gasteiger partial charge in [0, 0.05) is 6.42 Å². The minimum atomic E-state index is -0.421. The minimum Gasteiger partial charge on any atom is -0.493 e. The number of hydrogen-bond donors (Lipinski definition) is 0. The molecule has 0 saturated heterocycles. The maximum Gasteiger partial charge on any atom is 0.343 e. The topological polar surface area (TPSA) is 71.1 Å². The summed E-state index contributed by atoms with van der Waals surface area (Å²) < 4.78 is 22.7. The predicted molar refractivity (Wildman–Crippen MR) is 182 cm³/mol. The zero-order valence-corrected chi connectivity index (χ0v) is 25.6. The molecule has 0 aliphatic rings. The van der Waals surface area contributed by atoms with Gasteiger partial charge in [0.1, 0.15) is 23.0 Å². The molecule has 0 aliphatic heterocycles. The van der Waals surface area contributed by atoms with Crippen LogP contribution in [0.4, 0.5) is 0 Å². The summed E-state index contributed by atoms with van der Waals surface area (Å²) in [4.78, 5) is 25.2. The van der Waals surface area contributed by atoms with Crippen LogP contribution >= 0.6 is 0 Å². The van der Waals surface area contributed by atoms with Gasteiger partial charge >= 0.3 is 11.9 Å². The second kappa shape index (κ2) is 15.2. The predicted octanol–water partition coefficient (Wildman–Crippen LogP) is 9.31. The molecule has 0 radical (unpaired) electrons. The molecule has 47 heavy (non-hydrogen) atoms. The van der Waals surface area contributed by atoms with E-state index < -0.39 is 11.9 Å². The summed E-state index contributed by atoms with van der Waals surface area (Å²) >= 11 is 0. The van der Waals surface area contributed by atoms with Gasteiger partial charge in [0.25, 0.3) is 0 Å². The number of benzene rings is 6. The molecular formula is C41H32O6. The van der Waals surface area contributed by atoms with Crippen LogP contribution in [0.3, 0.4) is 0 Å². The van der Waals surface area contributed by atoms with Crippen molar-refractivity contribution < 1.29 is 28.5 Å². The van der Waals surface area contributed by atoms with Gasteiger partial charge in [0.05, 0.1) is 24.3 Å². The van der Waals surface area contributed by atoms with Gasteiger partial charge in [-0.2, -0.15) is 0 Å². The van der Waals surface area contributed by atoms with E-state index in [-0.39, 0.29) is 0 Å². The fraction of sp³-hybridized carbons (Fsp3) is 0.0732. The van der Waals surface area contributed by atoms with Crippen molar-refractivity contribution in [3.8, 4) is 45.3 Å². The lowest BCUT2D eigenvalue weighted by molar-refractivity contribution is 0.0725. The van der Waals surface area contributed by atoms with Crippen molar-refractivity contribution in [2.24, 2.45) is 0 Å². The van der Waals surface area contributed by atoms with E-state index >= 15 is 0 Å². The molecule has 6 nitrogen and oxygen atoms in total. The zero-order valence-electron chi connectivity index (χ0n) is 25.6. The Bertz CT molecular complexity index is 1740. The Hall–Kier alpha value is -6.14. The van der Waals surface area contributed by atoms with E-state index in [1.165, 1.54) is 0 Å². The van der Waals surface area contributed by atoms with Crippen LogP contribution in [0, 0.1) is 0 Å². The number of rotatable bonds is 12. The maximum atomic E-state index is 12.6. The quantitative estimate of drug-likeness (QED) is 0.0772. The van der Waals surface area contributed by atoms with E-state index in [0.717, 1.165) is 22.3 Å². The normalized spacial score (nSPS) is 10.6. The van der Waals surface area contributed by atoms with Crippen molar-refractivity contribution in [2.45, 2.75) is 6.42 Å². The van der Waals surface area contributed by atoms with Gasteiger partial charge in [-0.3, -0.25) is 0 Å². The lowest BCUT2D eigenvalue weighted by Gasteiger charge is -2.10. The van der Waals surface area contributed by atoms with Gasteiger partial charge in [0.2, 0.25) is 0 Å². The first-order chi connectivity index (χ1) is 23.1. The molecular weight excluding hydrogens is 588 g/mol. The molecule has 0 aromatic heterocycles. The largest absolute Gasteiger partial charge is 0.493 e. The number of hydrogen-bond acceptors (Lipinski definition) is 6. The van der Waals surface area contributed by atoms with Crippen molar-refractivity contribution in [2.75, 3.05) is 13.2 Å². The van der Waals surface area contributed by atoms with Crippen LogP contribution in [0.2, 0.25) is 0 Å². The average molecular weight is 621 g/mol. The van der Waals surface area contributed by atoms with Crippen LogP contribution in [-0.4, -0.2) is 25.2 Å². The van der Waals surface area contributed by atoms with E-state index in [2.05, 4.69) is 0 Å². The first-order valence-electron chi connectivity index (χ1n) is 15.3. The number of carbonyl (C=O) groups excluding carboxylic acids is 2. The first-order valence-corrected chi connectivity index (χ1v) is 15.3. The minimum absolute atomic E-state index is 0.421. The molecule has 6 aromatic rings. The summed E-state index contributed by atoms with van der Waals surface area (Å²) in [5.41, 5.74) is 5.20. The highest BCUT2D eigenvalue weighted by Gasteiger charge is 2.11. The third-order valence-electron chi connectivity index (χ3n) is 7.35. The second-order valence-corrected chi connectivity index (χ2v) is 10.7. The summed E-state index contributed by atoms with van der Waals surface area (Å²) in [5, 5.41) is 0. The van der Waals surface area contributed by atoms with Gasteiger partial charge < -0.3 is 18.9 Å². The van der Waals surface area contributed by atoms with Crippen LogP contribution in [0.15, 0.2) is 158 Å². The highest BCUT2D eigenvalue weighted by atomic mass is 16.5. The molecule has 0 saturated carbocycles. The molecule has 0 amide bonds. The molecule has 0 bridgehead atoms. The molecule has 0 fully saturated rings. The van der Waals surface area contributed by atoms with Crippen LogP contribution < -0.4 is 18.9 Å². The summed E-state index contributed by atoms with van der Waals surface area (Å²) in [6.45, 7) is 0.900. The summed E-state index contributed by atoms with van der Waals surface area (Å²) in [6, 6.07) is 48.5. The molecule has 0 N–H and O–H groups in total. The van der Waals surface area contributed by atoms with E-state index in [1.807, 2.05) is 84.9 Å². The lowest BCUT2D eigenvalue weighted by Crippen LogP contribution is -2.08. The fourth-order valence-electron chi connectivity index (χ4n) is 4.84. The molecule has 0 aliphatic carbocycles. The molecule has 0 atom stereocenters. The van der Waals surface area contributed by atoms with Crippen molar-refractivity contribution in [3.63, 3.8) is 0 Å². The molecule has 0 spiro atoms. The Labute approximate surface area is 273 Å². The number of ether oxygens (including phenoxy) is 4. The van der Waals surface area contributed by atoms with Gasteiger partial charge in [-0.25, -0.2) is 9.59 Å². The van der Waals surface area contributed by atoms with Crippen LogP contribution in [0.5, 0.6) is 23.0 Å². The first kappa shape index (κ1) is 30.9. The summed E-state index contributed by atoms with van der Waals surface area (Å²) in [7, 11) is 0. The van der Waals surface area contributed by atoms with Crippen molar-refractivity contribution in [3.05, 3.63) is 169 Å². The van der Waals surface area contributed by atoms with Crippen LogP contribution in [0.1, 0.15) is 27.1 Å². The van der Waals surface area contributed by atoms with Crippen LogP contribution in [0.25, 0.3) is 22.3 Å². The monoisotopic (exact) mass is 620 g/mol. The molecule has 6 rings (SSSR count). The Morgan fingerprint density at radius 3 is 1.04 bits per heavy atom. The highest BCUT2D eigenvalue weighted by Crippen LogP contribution is 2.24. The van der Waals surface area contributed by atoms with Gasteiger partial charge in [-0.05, 0) is 95.1 Å². The van der Waals surface area contributed by atoms with Crippen molar-refractivity contribution >= 4 is 11.9 Å². The van der Waals surface area contributed by atoms with E-state index in [9.17, 15) is 9.59 Å². The molecule has 6 heteroatoms. The Balaban J connectivity index is 0.892. The maximum absolute atomic E-state index is 12.6. The third kappa shape index (κ3) is 8.53. The highest BCUT2D eigenvalue weighted by molar-refractivity contribution is 5.92. The second-order valence-electron chi connectivity index (χ2n) is 10.7. The Kier molecular flexibility index (Phi) is 10.0. The molecule has 0 heterocycles. The lowest BCUT2D eigenvalue weighted by atomic mass is 10.0. The number of carbonyl (C=O) groups is 2. The van der Waals surface area contributed by atoms with Gasteiger partial charge in [-0.1, -0.05) is 84.9 Å². The Morgan fingerprint density at radius 2 is 0.681 bits per heavy atom. The average Bonchev–Trinajstić information content (AvgIpc) is 3.13. The van der Waals surface area contributed by atoms with Crippen molar-refractivity contribution in [1.29, 1.82) is 0 Å².